The van der Waals surface area contributed by atoms with Gasteiger partial charge >= 0.3 is 0 Å². The van der Waals surface area contributed by atoms with Crippen LogP contribution in [0, 0.1) is 6.92 Å². The highest BCUT2D eigenvalue weighted by molar-refractivity contribution is 5.80. The van der Waals surface area contributed by atoms with E-state index < -0.39 is 0 Å². The summed E-state index contributed by atoms with van der Waals surface area (Å²) in [6.45, 7) is 6.39. The van der Waals surface area contributed by atoms with Gasteiger partial charge < -0.3 is 0 Å². The number of fused-ring (bicyclic) bond motifs is 1. The molecule has 0 atom stereocenters. The van der Waals surface area contributed by atoms with E-state index in [1.807, 2.05) is 22.9 Å². The maximum Gasteiger partial charge on any atom is 0.157 e. The molecule has 3 rings (SSSR count). The van der Waals surface area contributed by atoms with Gasteiger partial charge in [0.1, 0.15) is 0 Å². The van der Waals surface area contributed by atoms with Gasteiger partial charge in [0, 0.05) is 11.1 Å². The lowest BCUT2D eigenvalue weighted by atomic mass is 10.1. The summed E-state index contributed by atoms with van der Waals surface area (Å²) < 4.78 is 2.00. The van der Waals surface area contributed by atoms with Crippen molar-refractivity contribution >= 4 is 10.9 Å². The number of pyridine rings is 1. The van der Waals surface area contributed by atoms with Gasteiger partial charge in [-0.2, -0.15) is 5.10 Å². The minimum Gasteiger partial charge on any atom is -0.228 e. The van der Waals surface area contributed by atoms with Crippen molar-refractivity contribution < 1.29 is 0 Å². The second kappa shape index (κ2) is 5.08. The molecule has 0 amide bonds. The molecule has 0 radical (unpaired) electrons. The third kappa shape index (κ3) is 2.09. The largest absolute Gasteiger partial charge is 0.228 e. The van der Waals surface area contributed by atoms with Crippen LogP contribution in [-0.2, 0) is 12.8 Å². The molecule has 3 aromatic rings. The first-order valence-corrected chi connectivity index (χ1v) is 7.17. The van der Waals surface area contributed by atoms with Crippen LogP contribution in [0.4, 0.5) is 0 Å². The van der Waals surface area contributed by atoms with Crippen molar-refractivity contribution in [3.63, 3.8) is 0 Å². The number of aryl methyl sites for hydroxylation is 3. The van der Waals surface area contributed by atoms with E-state index in [2.05, 4.69) is 39.0 Å². The monoisotopic (exact) mass is 265 g/mol. The number of aromatic nitrogens is 3. The Bertz CT molecular complexity index is 756. The Hall–Kier alpha value is -2.16. The second-order valence-electron chi connectivity index (χ2n) is 5.07. The number of para-hydroxylation sites is 1. The first-order valence-electron chi connectivity index (χ1n) is 7.17. The molecule has 0 saturated carbocycles. The molecular formula is C17H19N3. The summed E-state index contributed by atoms with van der Waals surface area (Å²) in [4.78, 5) is 4.80. The first kappa shape index (κ1) is 12.9. The summed E-state index contributed by atoms with van der Waals surface area (Å²) in [6, 6.07) is 12.6. The fraction of sp³-hybridized carbons (Fsp3) is 0.294. The number of nitrogens with zero attached hydrogens (tertiary/aromatic N) is 3. The number of hydrogen-bond acceptors (Lipinski definition) is 2. The van der Waals surface area contributed by atoms with E-state index in [1.54, 1.807) is 0 Å². The highest BCUT2D eigenvalue weighted by atomic mass is 15.3. The summed E-state index contributed by atoms with van der Waals surface area (Å²) >= 11 is 0. The van der Waals surface area contributed by atoms with E-state index in [0.29, 0.717) is 0 Å². The van der Waals surface area contributed by atoms with E-state index in [4.69, 9.17) is 10.1 Å². The first-order chi connectivity index (χ1) is 9.72. The van der Waals surface area contributed by atoms with E-state index in [1.165, 1.54) is 11.1 Å². The van der Waals surface area contributed by atoms with Gasteiger partial charge in [-0.3, -0.25) is 0 Å². The minimum absolute atomic E-state index is 0.945. The standard InChI is InChI=1S/C17H19N3/c1-4-14-11-15(5-2)20(19-14)17-12(3)10-13-8-6-7-9-16(13)18-17/h6-11H,4-5H2,1-3H3. The van der Waals surface area contributed by atoms with Gasteiger partial charge in [0.05, 0.1) is 11.2 Å². The van der Waals surface area contributed by atoms with Crippen LogP contribution in [0.15, 0.2) is 36.4 Å². The molecule has 1 aromatic carbocycles. The van der Waals surface area contributed by atoms with Crippen LogP contribution in [0.1, 0.15) is 30.8 Å². The van der Waals surface area contributed by atoms with Crippen molar-refractivity contribution in [1.29, 1.82) is 0 Å². The highest BCUT2D eigenvalue weighted by Crippen LogP contribution is 2.21. The van der Waals surface area contributed by atoms with Crippen molar-refractivity contribution in [2.45, 2.75) is 33.6 Å². The molecule has 0 bridgehead atoms. The summed E-state index contributed by atoms with van der Waals surface area (Å²) in [5, 5.41) is 5.87. The van der Waals surface area contributed by atoms with Crippen LogP contribution < -0.4 is 0 Å². The fourth-order valence-corrected chi connectivity index (χ4v) is 2.51. The maximum absolute atomic E-state index is 4.80. The van der Waals surface area contributed by atoms with Gasteiger partial charge in [-0.25, -0.2) is 9.67 Å². The van der Waals surface area contributed by atoms with Crippen molar-refractivity contribution in [2.24, 2.45) is 0 Å². The molecule has 0 spiro atoms. The molecule has 0 aliphatic carbocycles. The lowest BCUT2D eigenvalue weighted by Gasteiger charge is -2.10. The van der Waals surface area contributed by atoms with Crippen LogP contribution in [0.25, 0.3) is 16.7 Å². The molecule has 3 heteroatoms. The molecule has 102 valence electrons. The van der Waals surface area contributed by atoms with Gasteiger partial charge in [-0.05, 0) is 43.5 Å². The van der Waals surface area contributed by atoms with Gasteiger partial charge in [-0.1, -0.05) is 32.0 Å². The fourth-order valence-electron chi connectivity index (χ4n) is 2.51. The Balaban J connectivity index is 2.23. The van der Waals surface area contributed by atoms with Crippen molar-refractivity contribution in [2.75, 3.05) is 0 Å². The van der Waals surface area contributed by atoms with Crippen LogP contribution in [0.3, 0.4) is 0 Å². The number of rotatable bonds is 3. The molecule has 0 unspecified atom stereocenters. The quantitative estimate of drug-likeness (QED) is 0.720. The highest BCUT2D eigenvalue weighted by Gasteiger charge is 2.11. The summed E-state index contributed by atoms with van der Waals surface area (Å²) in [5.41, 5.74) is 4.51. The zero-order valence-electron chi connectivity index (χ0n) is 12.2. The normalized spacial score (nSPS) is 11.2. The molecule has 20 heavy (non-hydrogen) atoms. The molecule has 0 fully saturated rings. The summed E-state index contributed by atoms with van der Waals surface area (Å²) in [7, 11) is 0. The summed E-state index contributed by atoms with van der Waals surface area (Å²) in [5.74, 6) is 0.945. The van der Waals surface area contributed by atoms with Gasteiger partial charge in [-0.15, -0.1) is 0 Å². The van der Waals surface area contributed by atoms with E-state index in [9.17, 15) is 0 Å². The lowest BCUT2D eigenvalue weighted by Crippen LogP contribution is -2.06. The Kier molecular flexibility index (Phi) is 3.26. The lowest BCUT2D eigenvalue weighted by molar-refractivity contribution is 0.770. The second-order valence-corrected chi connectivity index (χ2v) is 5.07. The topological polar surface area (TPSA) is 30.7 Å². The zero-order valence-corrected chi connectivity index (χ0v) is 12.2. The Morgan fingerprint density at radius 3 is 2.60 bits per heavy atom. The molecule has 2 aromatic heterocycles. The van der Waals surface area contributed by atoms with E-state index in [0.717, 1.165) is 35.4 Å². The van der Waals surface area contributed by atoms with Crippen LogP contribution in [0.2, 0.25) is 0 Å². The van der Waals surface area contributed by atoms with E-state index in [-0.39, 0.29) is 0 Å². The van der Waals surface area contributed by atoms with Gasteiger partial charge in [0.15, 0.2) is 5.82 Å². The molecule has 0 aliphatic rings. The molecule has 0 N–H and O–H groups in total. The third-order valence-corrected chi connectivity index (χ3v) is 3.65. The molecule has 0 saturated heterocycles. The molecular weight excluding hydrogens is 246 g/mol. The van der Waals surface area contributed by atoms with Crippen LogP contribution >= 0.6 is 0 Å². The molecule has 3 nitrogen and oxygen atoms in total. The van der Waals surface area contributed by atoms with E-state index >= 15 is 0 Å². The molecule has 0 aliphatic heterocycles. The third-order valence-electron chi connectivity index (χ3n) is 3.65. The predicted molar refractivity (Wildman–Crippen MR) is 82.4 cm³/mol. The van der Waals surface area contributed by atoms with Crippen LogP contribution in [-0.4, -0.2) is 14.8 Å². The Labute approximate surface area is 119 Å². The van der Waals surface area contributed by atoms with Crippen molar-refractivity contribution in [3.05, 3.63) is 53.3 Å². The predicted octanol–water partition coefficient (Wildman–Crippen LogP) is 3.85. The maximum atomic E-state index is 4.80. The minimum atomic E-state index is 0.945. The Morgan fingerprint density at radius 1 is 1.05 bits per heavy atom. The van der Waals surface area contributed by atoms with Gasteiger partial charge in [0.25, 0.3) is 0 Å². The number of hydrogen-bond donors (Lipinski definition) is 0. The average Bonchev–Trinajstić information content (AvgIpc) is 2.89. The SMILES string of the molecule is CCc1cc(CC)n(-c2nc3ccccc3cc2C)n1. The van der Waals surface area contributed by atoms with Gasteiger partial charge in [0.2, 0.25) is 0 Å². The Morgan fingerprint density at radius 2 is 1.85 bits per heavy atom. The number of benzene rings is 1. The average molecular weight is 265 g/mol. The summed E-state index contributed by atoms with van der Waals surface area (Å²) in [6.07, 6.45) is 1.91. The smallest absolute Gasteiger partial charge is 0.157 e. The van der Waals surface area contributed by atoms with Crippen molar-refractivity contribution in [1.82, 2.24) is 14.8 Å². The molecule has 2 heterocycles. The van der Waals surface area contributed by atoms with Crippen LogP contribution in [0.5, 0.6) is 0 Å². The van der Waals surface area contributed by atoms with Crippen molar-refractivity contribution in [3.8, 4) is 5.82 Å². The zero-order chi connectivity index (χ0) is 14.1.